The molecule has 0 spiro atoms. The third-order valence-electron chi connectivity index (χ3n) is 5.65. The topological polar surface area (TPSA) is 93.6 Å². The van der Waals surface area contributed by atoms with Crippen LogP contribution in [0.2, 0.25) is 0 Å². The summed E-state index contributed by atoms with van der Waals surface area (Å²) in [6.07, 6.45) is 1.69. The molecule has 1 fully saturated rings. The highest BCUT2D eigenvalue weighted by molar-refractivity contribution is 5.95. The van der Waals surface area contributed by atoms with E-state index in [4.69, 9.17) is 4.42 Å². The summed E-state index contributed by atoms with van der Waals surface area (Å²) in [5, 5.41) is 33.6. The molecule has 3 aromatic rings. The van der Waals surface area contributed by atoms with E-state index in [1.807, 2.05) is 24.3 Å². The summed E-state index contributed by atoms with van der Waals surface area (Å²) in [6.45, 7) is 5.41. The van der Waals surface area contributed by atoms with Gasteiger partial charge in [0.25, 0.3) is 0 Å². The molecule has 5 rings (SSSR count). The van der Waals surface area contributed by atoms with Gasteiger partial charge in [0.15, 0.2) is 11.5 Å². The molecule has 7 nitrogen and oxygen atoms in total. The maximum atomic E-state index is 10.8. The second kappa shape index (κ2) is 7.02. The van der Waals surface area contributed by atoms with E-state index in [2.05, 4.69) is 27.4 Å². The number of phenolic OH excluding ortho intramolecular Hbond substituents is 1. The summed E-state index contributed by atoms with van der Waals surface area (Å²) in [7, 11) is 0. The van der Waals surface area contributed by atoms with Gasteiger partial charge in [0.1, 0.15) is 11.3 Å². The summed E-state index contributed by atoms with van der Waals surface area (Å²) >= 11 is 0. The Morgan fingerprint density at radius 3 is 2.93 bits per heavy atom. The predicted octanol–water partition coefficient (Wildman–Crippen LogP) is 4.23. The van der Waals surface area contributed by atoms with Crippen LogP contribution >= 0.6 is 0 Å². The highest BCUT2D eigenvalue weighted by Crippen LogP contribution is 2.42. The minimum atomic E-state index is 0.0432. The number of azo groups is 1. The standard InChI is InChI=1S/C22H22N4O3/c1-13-11-23-8-9-26(13)12-16-19(27)7-6-15-21(28)20(29-22(15)16)10-18-14-4-2-3-5-17(14)24-25-18/h2-7,10,13,23,27-28H,8-9,11-12H2,1H3. The van der Waals surface area contributed by atoms with Gasteiger partial charge in [0, 0.05) is 43.9 Å². The van der Waals surface area contributed by atoms with E-state index in [9.17, 15) is 10.2 Å². The van der Waals surface area contributed by atoms with Crippen molar-refractivity contribution in [3.8, 4) is 11.5 Å². The number of piperazine rings is 1. The first-order valence-corrected chi connectivity index (χ1v) is 9.75. The molecule has 0 bridgehead atoms. The van der Waals surface area contributed by atoms with E-state index in [1.165, 1.54) is 0 Å². The van der Waals surface area contributed by atoms with Gasteiger partial charge in [-0.15, -0.1) is 10.2 Å². The SMILES string of the molecule is CC1CNCCN1Cc1c(O)ccc2c(O)c(C=C3N=Nc4ccccc43)oc12. The number of hydrogen-bond acceptors (Lipinski definition) is 7. The number of furan rings is 1. The highest BCUT2D eigenvalue weighted by Gasteiger charge is 2.24. The van der Waals surface area contributed by atoms with Gasteiger partial charge in [-0.2, -0.15) is 0 Å². The lowest BCUT2D eigenvalue weighted by atomic mass is 10.1. The maximum Gasteiger partial charge on any atom is 0.172 e. The molecule has 1 atom stereocenters. The number of phenols is 1. The first kappa shape index (κ1) is 17.9. The van der Waals surface area contributed by atoms with E-state index >= 15 is 0 Å². The van der Waals surface area contributed by atoms with Crippen LogP contribution in [0.3, 0.4) is 0 Å². The number of rotatable bonds is 3. The third-order valence-corrected chi connectivity index (χ3v) is 5.65. The molecular weight excluding hydrogens is 368 g/mol. The lowest BCUT2D eigenvalue weighted by Crippen LogP contribution is -2.49. The zero-order valence-electron chi connectivity index (χ0n) is 16.1. The van der Waals surface area contributed by atoms with E-state index in [0.717, 1.165) is 30.9 Å². The van der Waals surface area contributed by atoms with Crippen LogP contribution in [0.15, 0.2) is 51.0 Å². The van der Waals surface area contributed by atoms with Gasteiger partial charge in [-0.1, -0.05) is 18.2 Å². The largest absolute Gasteiger partial charge is 0.507 e. The Morgan fingerprint density at radius 1 is 1.21 bits per heavy atom. The van der Waals surface area contributed by atoms with Gasteiger partial charge in [-0.25, -0.2) is 0 Å². The molecule has 1 saturated heterocycles. The van der Waals surface area contributed by atoms with Crippen molar-refractivity contribution in [2.24, 2.45) is 10.2 Å². The molecule has 0 radical (unpaired) electrons. The van der Waals surface area contributed by atoms with Gasteiger partial charge in [0.05, 0.1) is 22.3 Å². The predicted molar refractivity (Wildman–Crippen MR) is 111 cm³/mol. The minimum Gasteiger partial charge on any atom is -0.507 e. The monoisotopic (exact) mass is 390 g/mol. The number of nitrogens with one attached hydrogen (secondary N) is 1. The molecule has 3 heterocycles. The van der Waals surface area contributed by atoms with Gasteiger partial charge in [0.2, 0.25) is 0 Å². The van der Waals surface area contributed by atoms with Gasteiger partial charge < -0.3 is 19.9 Å². The van der Waals surface area contributed by atoms with Crippen LogP contribution in [-0.4, -0.2) is 40.8 Å². The molecule has 1 aromatic heterocycles. The van der Waals surface area contributed by atoms with Crippen LogP contribution in [0.4, 0.5) is 5.69 Å². The Balaban J connectivity index is 1.57. The van der Waals surface area contributed by atoms with Gasteiger partial charge in [-0.05, 0) is 25.1 Å². The first-order chi connectivity index (χ1) is 14.1. The highest BCUT2D eigenvalue weighted by atomic mass is 16.4. The van der Waals surface area contributed by atoms with Crippen molar-refractivity contribution in [2.45, 2.75) is 19.5 Å². The molecule has 148 valence electrons. The van der Waals surface area contributed by atoms with Crippen LogP contribution in [0.25, 0.3) is 22.7 Å². The number of fused-ring (bicyclic) bond motifs is 2. The van der Waals surface area contributed by atoms with E-state index in [0.29, 0.717) is 40.6 Å². The third kappa shape index (κ3) is 3.08. The molecule has 2 aliphatic heterocycles. The Bertz CT molecular complexity index is 1150. The summed E-state index contributed by atoms with van der Waals surface area (Å²) in [5.74, 6) is 0.523. The molecule has 0 aliphatic carbocycles. The summed E-state index contributed by atoms with van der Waals surface area (Å²) in [6, 6.07) is 11.3. The average Bonchev–Trinajstić information content (AvgIpc) is 3.28. The number of benzene rings is 2. The van der Waals surface area contributed by atoms with E-state index in [-0.39, 0.29) is 11.5 Å². The molecule has 29 heavy (non-hydrogen) atoms. The Labute approximate surface area is 168 Å². The van der Waals surface area contributed by atoms with Crippen molar-refractivity contribution in [3.63, 3.8) is 0 Å². The molecule has 2 aliphatic rings. The molecule has 0 saturated carbocycles. The van der Waals surface area contributed by atoms with Crippen LogP contribution < -0.4 is 5.32 Å². The number of nitrogens with zero attached hydrogens (tertiary/aromatic N) is 3. The van der Waals surface area contributed by atoms with E-state index < -0.39 is 0 Å². The van der Waals surface area contributed by atoms with Crippen molar-refractivity contribution < 1.29 is 14.6 Å². The average molecular weight is 390 g/mol. The van der Waals surface area contributed by atoms with Crippen molar-refractivity contribution in [2.75, 3.05) is 19.6 Å². The Hall–Kier alpha value is -3.16. The lowest BCUT2D eigenvalue weighted by molar-refractivity contribution is 0.164. The zero-order chi connectivity index (χ0) is 20.0. The van der Waals surface area contributed by atoms with Gasteiger partial charge in [-0.3, -0.25) is 4.90 Å². The summed E-state index contributed by atoms with van der Waals surface area (Å²) in [4.78, 5) is 2.30. The summed E-state index contributed by atoms with van der Waals surface area (Å²) < 4.78 is 6.03. The number of hydrogen-bond donors (Lipinski definition) is 3. The Morgan fingerprint density at radius 2 is 2.07 bits per heavy atom. The molecule has 2 aromatic carbocycles. The normalized spacial score (nSPS) is 20.6. The van der Waals surface area contributed by atoms with E-state index in [1.54, 1.807) is 18.2 Å². The Kier molecular flexibility index (Phi) is 4.34. The van der Waals surface area contributed by atoms with Crippen LogP contribution in [0, 0.1) is 0 Å². The summed E-state index contributed by atoms with van der Waals surface area (Å²) in [5.41, 5.74) is 3.51. The van der Waals surface area contributed by atoms with Crippen LogP contribution in [0.5, 0.6) is 11.5 Å². The molecule has 3 N–H and O–H groups in total. The molecule has 7 heteroatoms. The zero-order valence-corrected chi connectivity index (χ0v) is 16.1. The van der Waals surface area contributed by atoms with Crippen LogP contribution in [-0.2, 0) is 6.54 Å². The van der Waals surface area contributed by atoms with Gasteiger partial charge >= 0.3 is 0 Å². The second-order valence-corrected chi connectivity index (χ2v) is 7.53. The maximum absolute atomic E-state index is 10.8. The fourth-order valence-electron chi connectivity index (χ4n) is 3.95. The minimum absolute atomic E-state index is 0.0432. The van der Waals surface area contributed by atoms with Crippen molar-refractivity contribution >= 4 is 28.4 Å². The smallest absolute Gasteiger partial charge is 0.172 e. The fourth-order valence-corrected chi connectivity index (χ4v) is 3.95. The van der Waals surface area contributed by atoms with Crippen molar-refractivity contribution in [3.05, 3.63) is 53.3 Å². The first-order valence-electron chi connectivity index (χ1n) is 9.75. The second-order valence-electron chi connectivity index (χ2n) is 7.53. The quantitative estimate of drug-likeness (QED) is 0.622. The van der Waals surface area contributed by atoms with Crippen LogP contribution in [0.1, 0.15) is 23.8 Å². The van der Waals surface area contributed by atoms with Crippen molar-refractivity contribution in [1.82, 2.24) is 10.2 Å². The molecular formula is C22H22N4O3. The molecule has 0 amide bonds. The fraction of sp³-hybridized carbons (Fsp3) is 0.273. The number of aromatic hydroxyl groups is 2. The van der Waals surface area contributed by atoms with Crippen molar-refractivity contribution in [1.29, 1.82) is 0 Å². The lowest BCUT2D eigenvalue weighted by Gasteiger charge is -2.33. The molecule has 1 unspecified atom stereocenters.